The molecular weight excluding hydrogens is 455 g/mol. The Morgan fingerprint density at radius 2 is 1.71 bits per heavy atom. The topological polar surface area (TPSA) is 69.0 Å². The Balaban J connectivity index is 1.59. The van der Waals surface area contributed by atoms with Crippen LogP contribution < -0.4 is 10.1 Å². The predicted octanol–water partition coefficient (Wildman–Crippen LogP) is 6.03. The molecule has 3 aromatic carbocycles. The van der Waals surface area contributed by atoms with Gasteiger partial charge in [-0.2, -0.15) is 4.98 Å². The first-order valence-electron chi connectivity index (χ1n) is 10.9. The van der Waals surface area contributed by atoms with Gasteiger partial charge in [-0.3, -0.25) is 4.79 Å². The van der Waals surface area contributed by atoms with Gasteiger partial charge in [-0.25, -0.2) is 9.07 Å². The van der Waals surface area contributed by atoms with Gasteiger partial charge in [0.2, 0.25) is 5.91 Å². The number of ether oxygens (including phenoxy) is 1. The highest BCUT2D eigenvalue weighted by atomic mass is 35.5. The van der Waals surface area contributed by atoms with Crippen LogP contribution in [-0.4, -0.2) is 27.3 Å². The molecule has 0 fully saturated rings. The molecule has 1 aromatic heterocycles. The lowest BCUT2D eigenvalue weighted by Gasteiger charge is -2.12. The van der Waals surface area contributed by atoms with Crippen molar-refractivity contribution in [2.45, 2.75) is 19.2 Å². The highest BCUT2D eigenvalue weighted by molar-refractivity contribution is 6.32. The van der Waals surface area contributed by atoms with Crippen molar-refractivity contribution in [1.29, 1.82) is 0 Å². The number of benzene rings is 3. The van der Waals surface area contributed by atoms with Gasteiger partial charge in [-0.15, -0.1) is 16.7 Å². The number of anilines is 1. The minimum absolute atomic E-state index is 0.164. The van der Waals surface area contributed by atoms with Crippen molar-refractivity contribution in [3.63, 3.8) is 0 Å². The lowest BCUT2D eigenvalue weighted by Crippen LogP contribution is -2.17. The standard InChI is InChI=1S/C26H24ClFN4O2/c1-17(2)16-34-26-30-24(21-10-6-7-11-22(21)28)32(31-26)20-14-12-19(13-15-20)29-25(33)23(27)18-8-4-3-5-9-18/h3-15,17,23H,16H2,1-2H3,(H,29,33). The molecule has 1 N–H and O–H groups in total. The van der Waals surface area contributed by atoms with E-state index in [0.29, 0.717) is 34.9 Å². The second-order valence-corrected chi connectivity index (χ2v) is 8.56. The van der Waals surface area contributed by atoms with Crippen molar-refractivity contribution < 1.29 is 13.9 Å². The SMILES string of the molecule is CC(C)COc1nc(-c2ccccc2F)n(-c2ccc(NC(=O)C(Cl)c3ccccc3)cc2)n1. The van der Waals surface area contributed by atoms with Gasteiger partial charge in [0.1, 0.15) is 11.2 Å². The quantitative estimate of drug-likeness (QED) is 0.314. The Morgan fingerprint density at radius 1 is 1.03 bits per heavy atom. The highest BCUT2D eigenvalue weighted by Crippen LogP contribution is 2.27. The Kier molecular flexibility index (Phi) is 7.23. The first-order chi connectivity index (χ1) is 16.4. The van der Waals surface area contributed by atoms with E-state index in [0.717, 1.165) is 0 Å². The Bertz CT molecular complexity index is 1260. The summed E-state index contributed by atoms with van der Waals surface area (Å²) in [5, 5.41) is 6.43. The number of rotatable bonds is 8. The summed E-state index contributed by atoms with van der Waals surface area (Å²) in [6.45, 7) is 4.47. The molecule has 1 heterocycles. The molecule has 1 unspecified atom stereocenters. The third kappa shape index (κ3) is 5.43. The number of nitrogens with one attached hydrogen (secondary N) is 1. The van der Waals surface area contributed by atoms with E-state index in [2.05, 4.69) is 15.4 Å². The molecule has 0 radical (unpaired) electrons. The zero-order valence-corrected chi connectivity index (χ0v) is 19.5. The third-order valence-corrected chi connectivity index (χ3v) is 5.40. The second-order valence-electron chi connectivity index (χ2n) is 8.12. The molecule has 0 spiro atoms. The van der Waals surface area contributed by atoms with E-state index in [4.69, 9.17) is 16.3 Å². The molecule has 0 aliphatic carbocycles. The number of alkyl halides is 1. The van der Waals surface area contributed by atoms with Crippen molar-refractivity contribution >= 4 is 23.2 Å². The summed E-state index contributed by atoms with van der Waals surface area (Å²) in [4.78, 5) is 17.0. The summed E-state index contributed by atoms with van der Waals surface area (Å²) in [7, 11) is 0. The number of carbonyl (C=O) groups is 1. The van der Waals surface area contributed by atoms with E-state index < -0.39 is 11.2 Å². The first-order valence-corrected chi connectivity index (χ1v) is 11.3. The van der Waals surface area contributed by atoms with Crippen LogP contribution in [0.5, 0.6) is 6.01 Å². The Morgan fingerprint density at radius 3 is 2.38 bits per heavy atom. The maximum absolute atomic E-state index is 14.5. The molecule has 6 nitrogen and oxygen atoms in total. The van der Waals surface area contributed by atoms with Crippen LogP contribution in [0.3, 0.4) is 0 Å². The second kappa shape index (κ2) is 10.5. The Labute approximate surface area is 202 Å². The maximum Gasteiger partial charge on any atom is 0.336 e. The summed E-state index contributed by atoms with van der Waals surface area (Å²) >= 11 is 6.31. The van der Waals surface area contributed by atoms with E-state index in [-0.39, 0.29) is 17.8 Å². The molecule has 174 valence electrons. The highest BCUT2D eigenvalue weighted by Gasteiger charge is 2.19. The molecule has 0 bridgehead atoms. The monoisotopic (exact) mass is 478 g/mol. The summed E-state index contributed by atoms with van der Waals surface area (Å²) in [6, 6.07) is 22.6. The minimum atomic E-state index is -0.815. The van der Waals surface area contributed by atoms with E-state index in [1.165, 1.54) is 10.7 Å². The van der Waals surface area contributed by atoms with E-state index in [1.807, 2.05) is 32.0 Å². The van der Waals surface area contributed by atoms with E-state index in [9.17, 15) is 9.18 Å². The first kappa shape index (κ1) is 23.4. The number of hydrogen-bond acceptors (Lipinski definition) is 4. The average molecular weight is 479 g/mol. The molecule has 0 aliphatic heterocycles. The van der Waals surface area contributed by atoms with Crippen molar-refractivity contribution in [2.24, 2.45) is 5.92 Å². The van der Waals surface area contributed by atoms with Crippen LogP contribution in [0.2, 0.25) is 0 Å². The molecule has 4 rings (SSSR count). The summed E-state index contributed by atoms with van der Waals surface area (Å²) < 4.78 is 21.7. The van der Waals surface area contributed by atoms with Gasteiger partial charge in [-0.1, -0.05) is 56.3 Å². The number of amides is 1. The fourth-order valence-electron chi connectivity index (χ4n) is 3.26. The van der Waals surface area contributed by atoms with Gasteiger partial charge < -0.3 is 10.1 Å². The average Bonchev–Trinajstić information content (AvgIpc) is 3.27. The summed E-state index contributed by atoms with van der Waals surface area (Å²) in [5.41, 5.74) is 2.22. The Hall–Kier alpha value is -3.71. The molecule has 8 heteroatoms. The van der Waals surface area contributed by atoms with Gasteiger partial charge in [-0.05, 0) is 47.9 Å². The van der Waals surface area contributed by atoms with Crippen molar-refractivity contribution in [2.75, 3.05) is 11.9 Å². The number of nitrogens with zero attached hydrogens (tertiary/aromatic N) is 3. The normalized spacial score (nSPS) is 11.9. The number of hydrogen-bond donors (Lipinski definition) is 1. The molecule has 34 heavy (non-hydrogen) atoms. The van der Waals surface area contributed by atoms with Gasteiger partial charge >= 0.3 is 6.01 Å². The largest absolute Gasteiger partial charge is 0.462 e. The number of carbonyl (C=O) groups excluding carboxylic acids is 1. The van der Waals surface area contributed by atoms with Crippen LogP contribution in [0.15, 0.2) is 78.9 Å². The fraction of sp³-hybridized carbons (Fsp3) is 0.192. The van der Waals surface area contributed by atoms with Crippen LogP contribution >= 0.6 is 11.6 Å². The van der Waals surface area contributed by atoms with E-state index >= 15 is 0 Å². The van der Waals surface area contributed by atoms with Crippen molar-refractivity contribution in [1.82, 2.24) is 14.8 Å². The molecule has 4 aromatic rings. The van der Waals surface area contributed by atoms with Crippen LogP contribution in [0.4, 0.5) is 10.1 Å². The van der Waals surface area contributed by atoms with Gasteiger partial charge in [0.05, 0.1) is 17.9 Å². The van der Waals surface area contributed by atoms with Crippen LogP contribution in [0.1, 0.15) is 24.8 Å². The summed E-state index contributed by atoms with van der Waals surface area (Å²) in [5.74, 6) is -0.144. The zero-order valence-electron chi connectivity index (χ0n) is 18.8. The molecule has 0 saturated heterocycles. The fourth-order valence-corrected chi connectivity index (χ4v) is 3.46. The molecular formula is C26H24ClFN4O2. The zero-order chi connectivity index (χ0) is 24.1. The molecule has 1 atom stereocenters. The third-order valence-electron chi connectivity index (χ3n) is 4.95. The number of halogens is 2. The van der Waals surface area contributed by atoms with Gasteiger partial charge in [0, 0.05) is 5.69 Å². The molecule has 0 aliphatic rings. The van der Waals surface area contributed by atoms with Crippen LogP contribution in [0, 0.1) is 11.7 Å². The van der Waals surface area contributed by atoms with Gasteiger partial charge in [0.15, 0.2) is 5.82 Å². The lowest BCUT2D eigenvalue weighted by atomic mass is 10.1. The van der Waals surface area contributed by atoms with Gasteiger partial charge in [0.25, 0.3) is 0 Å². The van der Waals surface area contributed by atoms with Crippen LogP contribution in [-0.2, 0) is 4.79 Å². The maximum atomic E-state index is 14.5. The summed E-state index contributed by atoms with van der Waals surface area (Å²) in [6.07, 6.45) is 0. The molecule has 1 amide bonds. The van der Waals surface area contributed by atoms with Crippen molar-refractivity contribution in [3.8, 4) is 23.1 Å². The van der Waals surface area contributed by atoms with Crippen molar-refractivity contribution in [3.05, 3.63) is 90.2 Å². The minimum Gasteiger partial charge on any atom is -0.462 e. The molecule has 0 saturated carbocycles. The predicted molar refractivity (Wildman–Crippen MR) is 131 cm³/mol. The van der Waals surface area contributed by atoms with Crippen LogP contribution in [0.25, 0.3) is 17.1 Å². The van der Waals surface area contributed by atoms with E-state index in [1.54, 1.807) is 54.6 Å². The smallest absolute Gasteiger partial charge is 0.336 e. The lowest BCUT2D eigenvalue weighted by molar-refractivity contribution is -0.116. The number of aromatic nitrogens is 3.